The van der Waals surface area contributed by atoms with Crippen molar-refractivity contribution >= 4 is 23.4 Å². The number of nitrogens with two attached hydrogens (primary N) is 1. The van der Waals surface area contributed by atoms with Crippen LogP contribution in [-0.2, 0) is 4.79 Å². The van der Waals surface area contributed by atoms with Gasteiger partial charge in [-0.2, -0.15) is 0 Å². The van der Waals surface area contributed by atoms with Gasteiger partial charge in [-0.05, 0) is 44.0 Å². The average molecular weight is 352 g/mol. The summed E-state index contributed by atoms with van der Waals surface area (Å²) in [4.78, 5) is 28.9. The van der Waals surface area contributed by atoms with Crippen molar-refractivity contribution in [1.29, 1.82) is 0 Å². The molecule has 2 rings (SSSR count). The predicted octanol–water partition coefficient (Wildman–Crippen LogP) is 2.39. The van der Waals surface area contributed by atoms with Gasteiger partial charge in [-0.1, -0.05) is 25.4 Å². The molecule has 1 aliphatic rings. The Hall–Kier alpha value is -1.59. The van der Waals surface area contributed by atoms with E-state index < -0.39 is 11.6 Å². The van der Waals surface area contributed by atoms with Gasteiger partial charge in [-0.15, -0.1) is 0 Å². The van der Waals surface area contributed by atoms with Crippen LogP contribution in [0.15, 0.2) is 24.3 Å². The first-order valence-corrected chi connectivity index (χ1v) is 8.63. The Morgan fingerprint density at radius 3 is 2.25 bits per heavy atom. The lowest BCUT2D eigenvalue weighted by Crippen LogP contribution is -2.64. The minimum Gasteiger partial charge on any atom is -0.337 e. The fourth-order valence-corrected chi connectivity index (χ4v) is 3.09. The number of halogens is 1. The summed E-state index contributed by atoms with van der Waals surface area (Å²) >= 11 is 5.89. The molecule has 1 fully saturated rings. The minimum absolute atomic E-state index is 0.0445. The van der Waals surface area contributed by atoms with Crippen LogP contribution in [0.2, 0.25) is 5.02 Å². The van der Waals surface area contributed by atoms with Crippen molar-refractivity contribution in [1.82, 2.24) is 9.80 Å². The van der Waals surface area contributed by atoms with Crippen molar-refractivity contribution in [3.63, 3.8) is 0 Å². The van der Waals surface area contributed by atoms with E-state index in [0.717, 1.165) is 0 Å². The Labute approximate surface area is 148 Å². The number of hydrogen-bond donors (Lipinski definition) is 1. The van der Waals surface area contributed by atoms with Crippen molar-refractivity contribution in [2.45, 2.75) is 39.3 Å². The molecule has 0 unspecified atom stereocenters. The van der Waals surface area contributed by atoms with Gasteiger partial charge in [0.1, 0.15) is 0 Å². The number of carbonyl (C=O) groups excluding carboxylic acids is 2. The van der Waals surface area contributed by atoms with Crippen molar-refractivity contribution in [3.05, 3.63) is 34.9 Å². The highest BCUT2D eigenvalue weighted by molar-refractivity contribution is 6.30. The number of piperazine rings is 1. The van der Waals surface area contributed by atoms with Crippen molar-refractivity contribution < 1.29 is 9.59 Å². The molecule has 1 aromatic rings. The Morgan fingerprint density at radius 2 is 1.75 bits per heavy atom. The summed E-state index contributed by atoms with van der Waals surface area (Å²) in [5.74, 6) is 0.00271. The number of benzene rings is 1. The molecule has 5 nitrogen and oxygen atoms in total. The summed E-state index contributed by atoms with van der Waals surface area (Å²) in [6.07, 6.45) is 0. The number of hydrogen-bond acceptors (Lipinski definition) is 3. The number of carbonyl (C=O) groups is 2. The number of rotatable bonds is 3. The quantitative estimate of drug-likeness (QED) is 0.909. The second kappa shape index (κ2) is 7.11. The summed E-state index contributed by atoms with van der Waals surface area (Å²) in [5.41, 5.74) is 6.14. The zero-order valence-corrected chi connectivity index (χ0v) is 15.5. The van der Waals surface area contributed by atoms with E-state index in [1.54, 1.807) is 29.2 Å². The fourth-order valence-electron chi connectivity index (χ4n) is 2.96. The first kappa shape index (κ1) is 18.7. The number of nitrogens with zero attached hydrogens (tertiary/aromatic N) is 2. The molecule has 0 saturated carbocycles. The fraction of sp³-hybridized carbons (Fsp3) is 0.556. The van der Waals surface area contributed by atoms with Gasteiger partial charge in [0.05, 0.1) is 11.6 Å². The number of amides is 2. The van der Waals surface area contributed by atoms with E-state index in [2.05, 4.69) is 0 Å². The standard InChI is InChI=1S/C18H26ClN3O2/c1-12(2)15(20)17(24)21-9-10-22(18(3,4)11-21)16(23)13-5-7-14(19)8-6-13/h5-8,12,15H,9-11,20H2,1-4H3/t15-/m0/s1. The molecule has 0 aromatic heterocycles. The van der Waals surface area contributed by atoms with Crippen LogP contribution in [0.4, 0.5) is 0 Å². The van der Waals surface area contributed by atoms with Crippen molar-refractivity contribution in [2.24, 2.45) is 11.7 Å². The van der Waals surface area contributed by atoms with E-state index in [4.69, 9.17) is 17.3 Å². The van der Waals surface area contributed by atoms with E-state index in [0.29, 0.717) is 30.2 Å². The van der Waals surface area contributed by atoms with Gasteiger partial charge in [0.15, 0.2) is 0 Å². The minimum atomic E-state index is -0.501. The molecule has 2 amide bonds. The third kappa shape index (κ3) is 3.90. The summed E-state index contributed by atoms with van der Waals surface area (Å²) in [5, 5.41) is 0.601. The highest BCUT2D eigenvalue weighted by atomic mass is 35.5. The Morgan fingerprint density at radius 1 is 1.17 bits per heavy atom. The molecule has 0 radical (unpaired) electrons. The molecule has 6 heteroatoms. The van der Waals surface area contributed by atoms with Crippen LogP contribution >= 0.6 is 11.6 Å². The summed E-state index contributed by atoms with van der Waals surface area (Å²) in [6.45, 7) is 9.29. The second-order valence-electron chi connectivity index (χ2n) is 7.31. The van der Waals surface area contributed by atoms with E-state index in [1.807, 2.05) is 32.6 Å². The van der Waals surface area contributed by atoms with E-state index in [-0.39, 0.29) is 17.7 Å². The molecule has 0 bridgehead atoms. The first-order valence-electron chi connectivity index (χ1n) is 8.25. The summed E-state index contributed by atoms with van der Waals surface area (Å²) < 4.78 is 0. The zero-order valence-electron chi connectivity index (χ0n) is 14.8. The van der Waals surface area contributed by atoms with Crippen LogP contribution in [0, 0.1) is 5.92 Å². The predicted molar refractivity (Wildman–Crippen MR) is 96.0 cm³/mol. The second-order valence-corrected chi connectivity index (χ2v) is 7.74. The van der Waals surface area contributed by atoms with Crippen LogP contribution in [0.5, 0.6) is 0 Å². The summed E-state index contributed by atoms with van der Waals surface area (Å²) in [6, 6.07) is 6.38. The van der Waals surface area contributed by atoms with Crippen LogP contribution in [0.1, 0.15) is 38.1 Å². The zero-order chi connectivity index (χ0) is 18.1. The van der Waals surface area contributed by atoms with E-state index in [1.165, 1.54) is 0 Å². The van der Waals surface area contributed by atoms with Gasteiger partial charge in [0.2, 0.25) is 5.91 Å². The van der Waals surface area contributed by atoms with E-state index >= 15 is 0 Å². The molecular weight excluding hydrogens is 326 g/mol. The smallest absolute Gasteiger partial charge is 0.254 e. The van der Waals surface area contributed by atoms with Gasteiger partial charge in [-0.3, -0.25) is 9.59 Å². The lowest BCUT2D eigenvalue weighted by Gasteiger charge is -2.47. The normalized spacial score (nSPS) is 18.6. The Kier molecular flexibility index (Phi) is 5.56. The molecule has 1 aromatic carbocycles. The molecule has 1 heterocycles. The SMILES string of the molecule is CC(C)[C@H](N)C(=O)N1CCN(C(=O)c2ccc(Cl)cc2)C(C)(C)C1. The molecule has 24 heavy (non-hydrogen) atoms. The Bertz CT molecular complexity index is 613. The van der Waals surface area contributed by atoms with Gasteiger partial charge in [0, 0.05) is 30.2 Å². The lowest BCUT2D eigenvalue weighted by atomic mass is 9.95. The molecular formula is C18H26ClN3O2. The topological polar surface area (TPSA) is 66.6 Å². The highest BCUT2D eigenvalue weighted by Gasteiger charge is 2.39. The van der Waals surface area contributed by atoms with Crippen molar-refractivity contribution in [2.75, 3.05) is 19.6 Å². The third-order valence-corrected chi connectivity index (χ3v) is 4.81. The van der Waals surface area contributed by atoms with Gasteiger partial charge >= 0.3 is 0 Å². The highest BCUT2D eigenvalue weighted by Crippen LogP contribution is 2.24. The first-order chi connectivity index (χ1) is 11.1. The molecule has 1 aliphatic heterocycles. The maximum atomic E-state index is 12.8. The van der Waals surface area contributed by atoms with Crippen molar-refractivity contribution in [3.8, 4) is 0 Å². The van der Waals surface area contributed by atoms with Crippen LogP contribution in [0.3, 0.4) is 0 Å². The average Bonchev–Trinajstić information content (AvgIpc) is 2.52. The monoisotopic (exact) mass is 351 g/mol. The third-order valence-electron chi connectivity index (χ3n) is 4.55. The molecule has 0 aliphatic carbocycles. The lowest BCUT2D eigenvalue weighted by molar-refractivity contribution is -0.137. The van der Waals surface area contributed by atoms with Crippen LogP contribution in [-0.4, -0.2) is 52.8 Å². The van der Waals surface area contributed by atoms with Gasteiger partial charge in [0.25, 0.3) is 5.91 Å². The maximum absolute atomic E-state index is 12.8. The maximum Gasteiger partial charge on any atom is 0.254 e. The molecule has 1 atom stereocenters. The van der Waals surface area contributed by atoms with Gasteiger partial charge < -0.3 is 15.5 Å². The summed E-state index contributed by atoms with van der Waals surface area (Å²) in [7, 11) is 0. The molecule has 2 N–H and O–H groups in total. The molecule has 0 spiro atoms. The van der Waals surface area contributed by atoms with Gasteiger partial charge in [-0.25, -0.2) is 0 Å². The molecule has 132 valence electrons. The largest absolute Gasteiger partial charge is 0.337 e. The molecule has 1 saturated heterocycles. The van der Waals surface area contributed by atoms with Crippen LogP contribution in [0.25, 0.3) is 0 Å². The van der Waals surface area contributed by atoms with E-state index in [9.17, 15) is 9.59 Å². The van der Waals surface area contributed by atoms with Crippen LogP contribution < -0.4 is 5.73 Å². The Balaban J connectivity index is 2.12.